The Kier molecular flexibility index (Phi) is 14.1. The van der Waals surface area contributed by atoms with Crippen LogP contribution in [0.4, 0.5) is 0 Å². The quantitative estimate of drug-likeness (QED) is 0.273. The van der Waals surface area contributed by atoms with Gasteiger partial charge in [0.05, 0.1) is 18.3 Å². The van der Waals surface area contributed by atoms with Crippen molar-refractivity contribution >= 4 is 5.97 Å². The summed E-state index contributed by atoms with van der Waals surface area (Å²) in [5.41, 5.74) is 0. The van der Waals surface area contributed by atoms with Crippen molar-refractivity contribution in [2.45, 2.75) is 95.9 Å². The molecule has 0 saturated carbocycles. The van der Waals surface area contributed by atoms with Crippen LogP contribution in [0.5, 0.6) is 0 Å². The number of carboxylic acids is 1. The van der Waals surface area contributed by atoms with Crippen molar-refractivity contribution in [2.24, 2.45) is 0 Å². The Morgan fingerprint density at radius 1 is 0.826 bits per heavy atom. The van der Waals surface area contributed by atoms with Gasteiger partial charge >= 0.3 is 5.97 Å². The number of aliphatic carboxylic acids is 1. The summed E-state index contributed by atoms with van der Waals surface area (Å²) in [6.07, 6.45) is 9.68. The summed E-state index contributed by atoms with van der Waals surface area (Å²) in [4.78, 5) is 10.4. The van der Waals surface area contributed by atoms with Crippen LogP contribution >= 0.6 is 0 Å². The van der Waals surface area contributed by atoms with Gasteiger partial charge in [0.2, 0.25) is 0 Å². The molecular formula is C18H34O5. The highest BCUT2D eigenvalue weighted by molar-refractivity contribution is 5.66. The molecule has 0 aromatic rings. The molecule has 0 spiro atoms. The van der Waals surface area contributed by atoms with Gasteiger partial charge in [0.15, 0.2) is 0 Å². The van der Waals surface area contributed by atoms with E-state index in [0.29, 0.717) is 32.1 Å². The first-order chi connectivity index (χ1) is 11.0. The van der Waals surface area contributed by atoms with E-state index in [9.17, 15) is 20.1 Å². The van der Waals surface area contributed by atoms with Crippen LogP contribution in [-0.4, -0.2) is 44.7 Å². The van der Waals surface area contributed by atoms with Crippen LogP contribution in [0.3, 0.4) is 0 Å². The molecule has 136 valence electrons. The second-order valence-electron chi connectivity index (χ2n) is 6.24. The Morgan fingerprint density at radius 3 is 2.04 bits per heavy atom. The average molecular weight is 330 g/mol. The monoisotopic (exact) mass is 330 g/mol. The molecule has 0 aromatic heterocycles. The predicted molar refractivity (Wildman–Crippen MR) is 91.3 cm³/mol. The first-order valence-electron chi connectivity index (χ1n) is 8.90. The first-order valence-corrected chi connectivity index (χ1v) is 8.90. The normalized spacial score (nSPS) is 15.7. The van der Waals surface area contributed by atoms with Gasteiger partial charge in [-0.05, 0) is 32.1 Å². The molecule has 0 radical (unpaired) electrons. The maximum absolute atomic E-state index is 10.4. The average Bonchev–Trinajstić information content (AvgIpc) is 2.50. The van der Waals surface area contributed by atoms with E-state index >= 15 is 0 Å². The minimum Gasteiger partial charge on any atom is -0.481 e. The van der Waals surface area contributed by atoms with Gasteiger partial charge < -0.3 is 20.4 Å². The van der Waals surface area contributed by atoms with Gasteiger partial charge in [-0.2, -0.15) is 0 Å². The standard InChI is InChI=1S/C18H34O5/c1-2-3-4-5-6-8-15(19)11-13-17(21)14-12-16(20)9-7-10-18(22)23/h11,13,15-17,19-21H,2-10,12,14H2,1H3,(H,22,23)/b13-11-/t15-,16-,17+/m1/s1. The first kappa shape index (κ1) is 22.1. The summed E-state index contributed by atoms with van der Waals surface area (Å²) in [5, 5.41) is 37.8. The van der Waals surface area contributed by atoms with Crippen molar-refractivity contribution in [1.82, 2.24) is 0 Å². The lowest BCUT2D eigenvalue weighted by atomic mass is 10.0. The predicted octanol–water partition coefficient (Wildman–Crippen LogP) is 3.02. The van der Waals surface area contributed by atoms with Crippen LogP contribution in [0.25, 0.3) is 0 Å². The minimum atomic E-state index is -0.858. The molecule has 0 aliphatic carbocycles. The Labute approximate surface area is 140 Å². The van der Waals surface area contributed by atoms with E-state index in [-0.39, 0.29) is 6.42 Å². The number of carboxylic acid groups (broad SMARTS) is 1. The van der Waals surface area contributed by atoms with Crippen LogP contribution < -0.4 is 0 Å². The Morgan fingerprint density at radius 2 is 1.43 bits per heavy atom. The second-order valence-corrected chi connectivity index (χ2v) is 6.24. The Bertz CT molecular complexity index is 317. The maximum Gasteiger partial charge on any atom is 0.303 e. The number of rotatable bonds is 15. The van der Waals surface area contributed by atoms with E-state index in [2.05, 4.69) is 6.92 Å². The summed E-state index contributed by atoms with van der Waals surface area (Å²) >= 11 is 0. The van der Waals surface area contributed by atoms with Gasteiger partial charge in [-0.25, -0.2) is 0 Å². The molecular weight excluding hydrogens is 296 g/mol. The number of unbranched alkanes of at least 4 members (excludes halogenated alkanes) is 4. The smallest absolute Gasteiger partial charge is 0.303 e. The molecule has 23 heavy (non-hydrogen) atoms. The largest absolute Gasteiger partial charge is 0.481 e. The fraction of sp³-hybridized carbons (Fsp3) is 0.833. The molecule has 0 fully saturated rings. The van der Waals surface area contributed by atoms with Crippen LogP contribution in [0.15, 0.2) is 12.2 Å². The molecule has 0 amide bonds. The van der Waals surface area contributed by atoms with E-state index in [1.54, 1.807) is 12.2 Å². The topological polar surface area (TPSA) is 98.0 Å². The van der Waals surface area contributed by atoms with E-state index in [1.165, 1.54) is 19.3 Å². The summed E-state index contributed by atoms with van der Waals surface area (Å²) < 4.78 is 0. The van der Waals surface area contributed by atoms with Crippen LogP contribution in [-0.2, 0) is 4.79 Å². The Balaban J connectivity index is 3.69. The maximum atomic E-state index is 10.4. The van der Waals surface area contributed by atoms with Gasteiger partial charge in [0.25, 0.3) is 0 Å². The molecule has 0 heterocycles. The summed E-state index contributed by atoms with van der Waals surface area (Å²) in [6, 6.07) is 0. The van der Waals surface area contributed by atoms with E-state index in [0.717, 1.165) is 12.8 Å². The molecule has 0 aromatic carbocycles. The molecule has 0 bridgehead atoms. The summed E-state index contributed by atoms with van der Waals surface area (Å²) in [5.74, 6) is -0.858. The van der Waals surface area contributed by atoms with Gasteiger partial charge in [0, 0.05) is 6.42 Å². The number of hydrogen-bond donors (Lipinski definition) is 4. The molecule has 0 unspecified atom stereocenters. The third kappa shape index (κ3) is 15.8. The Hall–Kier alpha value is -0.910. The zero-order chi connectivity index (χ0) is 17.5. The highest BCUT2D eigenvalue weighted by Crippen LogP contribution is 2.11. The molecule has 5 heteroatoms. The van der Waals surface area contributed by atoms with E-state index in [4.69, 9.17) is 5.11 Å². The molecule has 3 atom stereocenters. The van der Waals surface area contributed by atoms with Gasteiger partial charge in [0.1, 0.15) is 0 Å². The van der Waals surface area contributed by atoms with Crippen molar-refractivity contribution in [3.8, 4) is 0 Å². The van der Waals surface area contributed by atoms with Crippen molar-refractivity contribution in [3.05, 3.63) is 12.2 Å². The molecule has 0 aliphatic rings. The molecule has 5 nitrogen and oxygen atoms in total. The number of aliphatic hydroxyl groups is 3. The molecule has 0 saturated heterocycles. The van der Waals surface area contributed by atoms with Crippen LogP contribution in [0.1, 0.15) is 77.6 Å². The van der Waals surface area contributed by atoms with Gasteiger partial charge in [-0.3, -0.25) is 4.79 Å². The van der Waals surface area contributed by atoms with Crippen molar-refractivity contribution < 1.29 is 25.2 Å². The highest BCUT2D eigenvalue weighted by Gasteiger charge is 2.09. The van der Waals surface area contributed by atoms with Crippen LogP contribution in [0, 0.1) is 0 Å². The fourth-order valence-electron chi connectivity index (χ4n) is 2.40. The SMILES string of the molecule is CCCCCCC[C@@H](O)/C=C\[C@H](O)CC[C@H](O)CCCC(=O)O. The van der Waals surface area contributed by atoms with Crippen LogP contribution in [0.2, 0.25) is 0 Å². The number of hydrogen-bond acceptors (Lipinski definition) is 4. The summed E-state index contributed by atoms with van der Waals surface area (Å²) in [6.45, 7) is 2.17. The highest BCUT2D eigenvalue weighted by atomic mass is 16.4. The fourth-order valence-corrected chi connectivity index (χ4v) is 2.40. The molecule has 4 N–H and O–H groups in total. The van der Waals surface area contributed by atoms with Gasteiger partial charge in [-0.1, -0.05) is 51.2 Å². The van der Waals surface area contributed by atoms with Gasteiger partial charge in [-0.15, -0.1) is 0 Å². The molecule has 0 rings (SSSR count). The number of carbonyl (C=O) groups is 1. The minimum absolute atomic E-state index is 0.0595. The third-order valence-electron chi connectivity index (χ3n) is 3.88. The zero-order valence-corrected chi connectivity index (χ0v) is 14.4. The lowest BCUT2D eigenvalue weighted by molar-refractivity contribution is -0.137. The van der Waals surface area contributed by atoms with Crippen molar-refractivity contribution in [2.75, 3.05) is 0 Å². The van der Waals surface area contributed by atoms with E-state index < -0.39 is 24.3 Å². The van der Waals surface area contributed by atoms with Crippen molar-refractivity contribution in [3.63, 3.8) is 0 Å². The summed E-state index contributed by atoms with van der Waals surface area (Å²) in [7, 11) is 0. The lowest BCUT2D eigenvalue weighted by Gasteiger charge is -2.12. The number of aliphatic hydroxyl groups excluding tert-OH is 3. The lowest BCUT2D eigenvalue weighted by Crippen LogP contribution is -2.13. The second kappa shape index (κ2) is 14.7. The third-order valence-corrected chi connectivity index (χ3v) is 3.88. The molecule has 0 aliphatic heterocycles. The van der Waals surface area contributed by atoms with Crippen molar-refractivity contribution in [1.29, 1.82) is 0 Å². The zero-order valence-electron chi connectivity index (χ0n) is 14.4. The van der Waals surface area contributed by atoms with E-state index in [1.807, 2.05) is 0 Å².